The normalized spacial score (nSPS) is 11.7. The van der Waals surface area contributed by atoms with E-state index in [1.807, 2.05) is 0 Å². The highest BCUT2D eigenvalue weighted by atomic mass is 79.9. The van der Waals surface area contributed by atoms with Gasteiger partial charge in [0.2, 0.25) is 0 Å². The predicted octanol–water partition coefficient (Wildman–Crippen LogP) is 1.08. The van der Waals surface area contributed by atoms with E-state index in [2.05, 4.69) is 20.7 Å². The van der Waals surface area contributed by atoms with Crippen LogP contribution in [-0.2, 0) is 23.9 Å². The first-order valence-corrected chi connectivity index (χ1v) is 6.01. The van der Waals surface area contributed by atoms with Crippen molar-refractivity contribution in [2.45, 2.75) is 19.8 Å². The van der Waals surface area contributed by atoms with Gasteiger partial charge in [-0.2, -0.15) is 0 Å². The van der Waals surface area contributed by atoms with Crippen molar-refractivity contribution >= 4 is 33.7 Å². The fourth-order valence-corrected chi connectivity index (χ4v) is 1.50. The Bertz CT molecular complexity index is 264. The molecule has 16 heavy (non-hydrogen) atoms. The number of esters is 2. The van der Waals surface area contributed by atoms with Crippen LogP contribution < -0.4 is 0 Å². The lowest BCUT2D eigenvalue weighted by atomic mass is 9.99. The molecule has 0 unspecified atom stereocenters. The van der Waals surface area contributed by atoms with E-state index in [4.69, 9.17) is 4.74 Å². The van der Waals surface area contributed by atoms with Crippen molar-refractivity contribution in [3.05, 3.63) is 0 Å². The van der Waals surface area contributed by atoms with Gasteiger partial charge >= 0.3 is 11.9 Å². The average molecular weight is 295 g/mol. The van der Waals surface area contributed by atoms with Crippen LogP contribution in [-0.4, -0.2) is 36.8 Å². The van der Waals surface area contributed by atoms with Crippen LogP contribution in [0.2, 0.25) is 0 Å². The molecule has 92 valence electrons. The number of methoxy groups -OCH3 is 1. The fourth-order valence-electron chi connectivity index (χ4n) is 1.11. The van der Waals surface area contributed by atoms with E-state index in [-0.39, 0.29) is 30.6 Å². The minimum Gasteiger partial charge on any atom is -0.469 e. The Kier molecular flexibility index (Phi) is 7.80. The van der Waals surface area contributed by atoms with Crippen molar-refractivity contribution in [1.82, 2.24) is 0 Å². The first kappa shape index (κ1) is 15.1. The summed E-state index contributed by atoms with van der Waals surface area (Å²) in [5, 5.41) is 0.0671. The second-order valence-electron chi connectivity index (χ2n) is 3.02. The fraction of sp³-hybridized carbons (Fsp3) is 0.700. The summed E-state index contributed by atoms with van der Waals surface area (Å²) in [6.07, 6.45) is 0.147. The number of carbonyl (C=O) groups excluding carboxylic acids is 3. The van der Waals surface area contributed by atoms with Crippen LogP contribution in [0.1, 0.15) is 19.8 Å². The van der Waals surface area contributed by atoms with E-state index in [9.17, 15) is 14.4 Å². The number of alkyl halides is 1. The van der Waals surface area contributed by atoms with Crippen molar-refractivity contribution < 1.29 is 23.9 Å². The molecule has 0 spiro atoms. The van der Waals surface area contributed by atoms with Crippen LogP contribution in [0.5, 0.6) is 0 Å². The highest BCUT2D eigenvalue weighted by molar-refractivity contribution is 9.09. The number of hydrogen-bond acceptors (Lipinski definition) is 5. The number of Topliss-reactive ketones (excluding diaryl/α,β-unsaturated/α-hetero) is 1. The first-order chi connectivity index (χ1) is 7.56. The molecule has 0 aliphatic rings. The van der Waals surface area contributed by atoms with E-state index in [1.165, 1.54) is 7.11 Å². The van der Waals surface area contributed by atoms with Crippen molar-refractivity contribution in [2.75, 3.05) is 19.0 Å². The molecule has 0 aromatic rings. The van der Waals surface area contributed by atoms with E-state index in [1.54, 1.807) is 6.92 Å². The molecule has 0 aliphatic carbocycles. The largest absolute Gasteiger partial charge is 0.469 e. The molecule has 0 N–H and O–H groups in total. The molecule has 0 bridgehead atoms. The zero-order valence-corrected chi connectivity index (χ0v) is 10.9. The van der Waals surface area contributed by atoms with Gasteiger partial charge in [-0.25, -0.2) is 0 Å². The van der Waals surface area contributed by atoms with Crippen LogP contribution in [0, 0.1) is 5.92 Å². The summed E-state index contributed by atoms with van der Waals surface area (Å²) in [7, 11) is 1.26. The molecular weight excluding hydrogens is 280 g/mol. The van der Waals surface area contributed by atoms with Gasteiger partial charge in [0.05, 0.1) is 19.0 Å². The molecule has 0 aromatic heterocycles. The number of rotatable bonds is 7. The van der Waals surface area contributed by atoms with Crippen molar-refractivity contribution in [3.63, 3.8) is 0 Å². The average Bonchev–Trinajstić information content (AvgIpc) is 2.28. The number of ketones is 1. The van der Waals surface area contributed by atoms with Gasteiger partial charge in [-0.15, -0.1) is 0 Å². The van der Waals surface area contributed by atoms with Gasteiger partial charge in [0.1, 0.15) is 5.92 Å². The lowest BCUT2D eigenvalue weighted by Crippen LogP contribution is -2.28. The zero-order valence-electron chi connectivity index (χ0n) is 9.32. The summed E-state index contributed by atoms with van der Waals surface area (Å²) in [6, 6.07) is 0. The maximum Gasteiger partial charge on any atom is 0.316 e. The summed E-state index contributed by atoms with van der Waals surface area (Å²) in [5.74, 6) is -2.21. The minimum atomic E-state index is -0.890. The Morgan fingerprint density at radius 3 is 2.38 bits per heavy atom. The second kappa shape index (κ2) is 8.27. The summed E-state index contributed by atoms with van der Waals surface area (Å²) >= 11 is 2.99. The summed E-state index contributed by atoms with van der Waals surface area (Å²) in [6.45, 7) is 1.87. The Hall–Kier alpha value is -0.910. The van der Waals surface area contributed by atoms with Gasteiger partial charge in [-0.1, -0.05) is 15.9 Å². The van der Waals surface area contributed by atoms with Crippen LogP contribution in [0.4, 0.5) is 0 Å². The first-order valence-electron chi connectivity index (χ1n) is 4.88. The molecule has 0 aromatic carbocycles. The Morgan fingerprint density at radius 1 is 1.31 bits per heavy atom. The highest BCUT2D eigenvalue weighted by Gasteiger charge is 2.27. The van der Waals surface area contributed by atoms with Crippen LogP contribution in [0.15, 0.2) is 0 Å². The lowest BCUT2D eigenvalue weighted by molar-refractivity contribution is -0.151. The maximum atomic E-state index is 11.4. The van der Waals surface area contributed by atoms with Crippen LogP contribution in [0.25, 0.3) is 0 Å². The van der Waals surface area contributed by atoms with Crippen molar-refractivity contribution in [1.29, 1.82) is 0 Å². The van der Waals surface area contributed by atoms with Gasteiger partial charge in [0.15, 0.2) is 5.78 Å². The number of halogens is 1. The second-order valence-corrected chi connectivity index (χ2v) is 3.58. The summed E-state index contributed by atoms with van der Waals surface area (Å²) in [5.41, 5.74) is 0. The van der Waals surface area contributed by atoms with Crippen LogP contribution >= 0.6 is 15.9 Å². The maximum absolute atomic E-state index is 11.4. The molecule has 0 aliphatic heterocycles. The third kappa shape index (κ3) is 5.25. The lowest BCUT2D eigenvalue weighted by Gasteiger charge is -2.12. The van der Waals surface area contributed by atoms with E-state index in [0.717, 1.165) is 0 Å². The standard InChI is InChI=1S/C10H15BrO5/c1-3-16-10(14)7(8(12)6-11)4-5-9(13)15-2/h7H,3-6H2,1-2H3/t7-/m0/s1. The topological polar surface area (TPSA) is 69.7 Å². The molecule has 5 nitrogen and oxygen atoms in total. The van der Waals surface area contributed by atoms with Crippen molar-refractivity contribution in [2.24, 2.45) is 5.92 Å². The molecule has 6 heteroatoms. The summed E-state index contributed by atoms with van der Waals surface area (Å²) < 4.78 is 9.20. The number of ether oxygens (including phenoxy) is 2. The Morgan fingerprint density at radius 2 is 1.94 bits per heavy atom. The smallest absolute Gasteiger partial charge is 0.316 e. The van der Waals surface area contributed by atoms with Gasteiger partial charge in [-0.05, 0) is 13.3 Å². The van der Waals surface area contributed by atoms with Crippen molar-refractivity contribution in [3.8, 4) is 0 Å². The molecule has 0 saturated heterocycles. The predicted molar refractivity (Wildman–Crippen MR) is 60.2 cm³/mol. The van der Waals surface area contributed by atoms with Crippen LogP contribution in [0.3, 0.4) is 0 Å². The SMILES string of the molecule is CCOC(=O)[C@@H](CCC(=O)OC)C(=O)CBr. The Balaban J connectivity index is 4.37. The van der Waals surface area contributed by atoms with E-state index >= 15 is 0 Å². The van der Waals surface area contributed by atoms with E-state index in [0.29, 0.717) is 0 Å². The number of hydrogen-bond donors (Lipinski definition) is 0. The quantitative estimate of drug-likeness (QED) is 0.399. The van der Waals surface area contributed by atoms with Gasteiger partial charge < -0.3 is 9.47 Å². The zero-order chi connectivity index (χ0) is 12.6. The molecule has 0 heterocycles. The highest BCUT2D eigenvalue weighted by Crippen LogP contribution is 2.12. The molecular formula is C10H15BrO5. The summed E-state index contributed by atoms with van der Waals surface area (Å²) in [4.78, 5) is 33.8. The molecule has 1 atom stereocenters. The Labute approximate surface area is 103 Å². The number of carbonyl (C=O) groups is 3. The molecule has 0 fully saturated rings. The monoisotopic (exact) mass is 294 g/mol. The third-order valence-corrected chi connectivity index (χ3v) is 2.51. The molecule has 0 amide bonds. The molecule has 0 rings (SSSR count). The van der Waals surface area contributed by atoms with Gasteiger partial charge in [0.25, 0.3) is 0 Å². The molecule has 0 saturated carbocycles. The minimum absolute atomic E-state index is 0.0265. The van der Waals surface area contributed by atoms with Gasteiger partial charge in [-0.3, -0.25) is 14.4 Å². The van der Waals surface area contributed by atoms with E-state index < -0.39 is 17.9 Å². The van der Waals surface area contributed by atoms with Gasteiger partial charge in [0, 0.05) is 6.42 Å². The third-order valence-electron chi connectivity index (χ3n) is 1.96. The molecule has 0 radical (unpaired) electrons.